The summed E-state index contributed by atoms with van der Waals surface area (Å²) in [6.45, 7) is 22.2. The van der Waals surface area contributed by atoms with Crippen LogP contribution in [0.15, 0.2) is 188 Å². The molecule has 0 saturated heterocycles. The highest BCUT2D eigenvalue weighted by Gasteiger charge is 2.33. The Labute approximate surface area is 736 Å². The number of thiazole rings is 1. The average Bonchev–Trinajstić information content (AvgIpc) is 1.62. The monoisotopic (exact) mass is 1740 g/mol. The molecule has 2 aliphatic carbocycles. The van der Waals surface area contributed by atoms with Gasteiger partial charge in [0.25, 0.3) is 0 Å². The van der Waals surface area contributed by atoms with E-state index < -0.39 is 11.9 Å². The number of unbranched alkanes of at least 4 members (excludes halogenated alkanes) is 8. The quantitative estimate of drug-likeness (QED) is 0.0112. The number of ketones is 2. The maximum Gasteiger partial charge on any atom is 0.338 e. The number of ether oxygens (including phenoxy) is 14. The van der Waals surface area contributed by atoms with Crippen molar-refractivity contribution in [3.8, 4) is 56.8 Å². The van der Waals surface area contributed by atoms with Crippen molar-refractivity contribution >= 4 is 91.8 Å². The zero-order valence-corrected chi connectivity index (χ0v) is 73.7. The number of benzene rings is 6. The van der Waals surface area contributed by atoms with Crippen molar-refractivity contribution < 1.29 is 119 Å². The lowest BCUT2D eigenvalue weighted by Crippen LogP contribution is -2.28. The molecule has 8 aromatic rings. The second-order valence-electron chi connectivity index (χ2n) is 29.2. The smallest absolute Gasteiger partial charge is 0.338 e. The normalized spacial score (nSPS) is 14.1. The lowest BCUT2D eigenvalue weighted by atomic mass is 9.80. The van der Waals surface area contributed by atoms with Crippen molar-refractivity contribution in [1.29, 1.82) is 0 Å². The summed E-state index contributed by atoms with van der Waals surface area (Å²) in [6, 6.07) is 39.9. The molecule has 0 radical (unpaired) electrons. The van der Waals surface area contributed by atoms with Crippen LogP contribution in [0.3, 0.4) is 0 Å². The number of hydrogen-bond acceptors (Lipinski definition) is 27. The van der Waals surface area contributed by atoms with Crippen molar-refractivity contribution in [2.24, 2.45) is 23.7 Å². The molecule has 2 saturated carbocycles. The van der Waals surface area contributed by atoms with E-state index in [0.29, 0.717) is 166 Å². The van der Waals surface area contributed by atoms with Gasteiger partial charge in [-0.1, -0.05) is 45.7 Å². The number of carbonyl (C=O) groups excluding carboxylic acids is 10. The van der Waals surface area contributed by atoms with E-state index in [2.05, 4.69) is 45.4 Å². The molecule has 10 rings (SSSR count). The van der Waals surface area contributed by atoms with Gasteiger partial charge in [0, 0.05) is 41.5 Å². The molecule has 0 atom stereocenters. The minimum Gasteiger partial charge on any atom is -0.497 e. The van der Waals surface area contributed by atoms with Gasteiger partial charge in [-0.3, -0.25) is 19.2 Å². The summed E-state index contributed by atoms with van der Waals surface area (Å²) >= 11 is 1.32. The third-order valence-corrected chi connectivity index (χ3v) is 21.1. The molecule has 2 aromatic heterocycles. The number of esters is 8. The Morgan fingerprint density at radius 3 is 1.09 bits per heavy atom. The Kier molecular flexibility index (Phi) is 47.0. The van der Waals surface area contributed by atoms with Crippen LogP contribution in [0, 0.1) is 23.7 Å². The van der Waals surface area contributed by atoms with Crippen LogP contribution in [0.2, 0.25) is 0 Å². The molecular formula is C98H119NO25S. The molecule has 0 bridgehead atoms. The molecular weight excluding hydrogens is 1620 g/mol. The first-order chi connectivity index (χ1) is 60.5. The zero-order chi connectivity index (χ0) is 90.5. The SMILES string of the molecule is C=CC(=O)OCCCCCCOC(=O)c1ccc(OC)cc1.C=CC(=O)OCCCCCCOc1ccc(OC)cc1.C=CC(=O)OCCCCOC(=O)c1ccc(OC)cc1.C=CC(=O)OCCCCOc1ccc(OC)cc1.CCCc1ccc2oc(-c3nc4c(OC(=O)C5CCC(C(C)=O)CC5)ccc(OC(=O)C5CCC(C(C)=O)CC5)c4s3)cc2c1. The maximum atomic E-state index is 13.3. The summed E-state index contributed by atoms with van der Waals surface area (Å²) < 4.78 is 79.6. The van der Waals surface area contributed by atoms with Gasteiger partial charge in [-0.2, -0.15) is 0 Å². The van der Waals surface area contributed by atoms with Crippen molar-refractivity contribution in [3.63, 3.8) is 0 Å². The molecule has 6 aromatic carbocycles. The highest BCUT2D eigenvalue weighted by atomic mass is 32.1. The summed E-state index contributed by atoms with van der Waals surface area (Å²) in [4.78, 5) is 121. The van der Waals surface area contributed by atoms with E-state index in [-0.39, 0.29) is 77.7 Å². The van der Waals surface area contributed by atoms with Crippen molar-refractivity contribution in [3.05, 3.63) is 201 Å². The van der Waals surface area contributed by atoms with Crippen LogP contribution in [-0.2, 0) is 73.2 Å². The summed E-state index contributed by atoms with van der Waals surface area (Å²) in [5.41, 5.74) is 3.41. The summed E-state index contributed by atoms with van der Waals surface area (Å²) in [5, 5.41) is 1.57. The highest BCUT2D eigenvalue weighted by Crippen LogP contribution is 2.44. The first-order valence-corrected chi connectivity index (χ1v) is 43.1. The van der Waals surface area contributed by atoms with E-state index in [4.69, 9.17) is 75.7 Å². The number of methoxy groups -OCH3 is 4. The minimum absolute atomic E-state index is 0.00944. The minimum atomic E-state index is -0.444. The third kappa shape index (κ3) is 37.7. The van der Waals surface area contributed by atoms with E-state index in [1.807, 2.05) is 60.7 Å². The second-order valence-corrected chi connectivity index (χ2v) is 30.2. The van der Waals surface area contributed by atoms with Gasteiger partial charge in [0.15, 0.2) is 22.3 Å². The number of furan rings is 1. The zero-order valence-electron chi connectivity index (χ0n) is 72.9. The van der Waals surface area contributed by atoms with Gasteiger partial charge in [-0.15, -0.1) is 11.3 Å². The molecule has 672 valence electrons. The Balaban J connectivity index is 0.000000258. The molecule has 0 amide bonds. The van der Waals surface area contributed by atoms with Gasteiger partial charge in [0.1, 0.15) is 61.9 Å². The number of Topliss-reactive ketones (excluding diaryl/α,β-unsaturated/α-hetero) is 2. The van der Waals surface area contributed by atoms with E-state index in [1.165, 1.54) is 23.0 Å². The second kappa shape index (κ2) is 57.9. The molecule has 2 aliphatic rings. The van der Waals surface area contributed by atoms with E-state index in [0.717, 1.165) is 129 Å². The number of rotatable bonds is 45. The van der Waals surface area contributed by atoms with Crippen LogP contribution in [0.5, 0.6) is 46.0 Å². The van der Waals surface area contributed by atoms with Crippen LogP contribution in [0.25, 0.3) is 32.0 Å². The van der Waals surface area contributed by atoms with Crippen molar-refractivity contribution in [2.75, 3.05) is 81.3 Å². The molecule has 125 heavy (non-hydrogen) atoms. The first-order valence-electron chi connectivity index (χ1n) is 42.3. The number of nitrogens with zero attached hydrogens (tertiary/aromatic N) is 1. The van der Waals surface area contributed by atoms with Gasteiger partial charge in [0.05, 0.1) is 104 Å². The van der Waals surface area contributed by atoms with Gasteiger partial charge in [-0.25, -0.2) is 33.8 Å². The summed E-state index contributed by atoms with van der Waals surface area (Å²) in [7, 11) is 6.40. The van der Waals surface area contributed by atoms with E-state index >= 15 is 0 Å². The van der Waals surface area contributed by atoms with Crippen molar-refractivity contribution in [2.45, 2.75) is 162 Å². The first kappa shape index (κ1) is 101. The lowest BCUT2D eigenvalue weighted by molar-refractivity contribution is -0.141. The lowest BCUT2D eigenvalue weighted by Gasteiger charge is -2.25. The topological polar surface area (TPSA) is 326 Å². The van der Waals surface area contributed by atoms with Crippen LogP contribution >= 0.6 is 11.3 Å². The standard InChI is InChI=1S/C36H39NO7S.C17H22O5.C16H22O4.C15H18O5.C14H18O4/c1-4-5-22-6-15-28-27(18-22)19-31(42-28)34-37-32-29(43-35(40)25-11-7-23(8-12-25)20(2)38)16-17-30(33(32)45-34)44-36(41)26-13-9-24(10-14-26)21(3)39;1-3-16(18)21-12-6-4-5-7-13-22-17(19)14-8-10-15(20-2)11-9-14;1-3-16(17)20-13-7-5-4-6-12-19-15-10-8-14(18-2)9-11-15;1-3-14(16)19-10-4-5-11-20-15(17)12-6-8-13(18-2)9-7-12;1-3-14(15)18-11-5-4-10-17-13-8-6-12(16-2)7-9-13/h6,15-19,23-26H,4-5,7-14H2,1-3H3;3,8-11H,1,4-7,12-13H2,2H3;3,8-11H,1,4-7,12-13H2,2H3;3,6-9H,1,4-5,10-11H2,2H3;3,6-9H,1,4-5,10-11H2,2H3. The molecule has 0 aliphatic heterocycles. The van der Waals surface area contributed by atoms with Gasteiger partial charge >= 0.3 is 47.8 Å². The molecule has 0 unspecified atom stereocenters. The predicted octanol–water partition coefficient (Wildman–Crippen LogP) is 19.7. The highest BCUT2D eigenvalue weighted by molar-refractivity contribution is 7.22. The molecule has 0 spiro atoms. The Morgan fingerprint density at radius 2 is 0.720 bits per heavy atom. The number of fused-ring (bicyclic) bond motifs is 2. The Bertz CT molecular complexity index is 4620. The summed E-state index contributed by atoms with van der Waals surface area (Å²) in [5.74, 6) is 2.76. The Hall–Kier alpha value is -12.4. The van der Waals surface area contributed by atoms with Crippen LogP contribution < -0.4 is 37.9 Å². The number of hydrogen-bond donors (Lipinski definition) is 0. The summed E-state index contributed by atoms with van der Waals surface area (Å²) in [6.07, 6.45) is 22.0. The molecule has 2 heterocycles. The van der Waals surface area contributed by atoms with Gasteiger partial charge < -0.3 is 70.7 Å². The van der Waals surface area contributed by atoms with E-state index in [1.54, 1.807) is 103 Å². The largest absolute Gasteiger partial charge is 0.497 e. The number of carbonyl (C=O) groups is 10. The van der Waals surface area contributed by atoms with Crippen molar-refractivity contribution in [1.82, 2.24) is 4.98 Å². The van der Waals surface area contributed by atoms with Gasteiger partial charge in [-0.05, 0) is 282 Å². The fourth-order valence-corrected chi connectivity index (χ4v) is 13.8. The van der Waals surface area contributed by atoms with E-state index in [9.17, 15) is 47.9 Å². The van der Waals surface area contributed by atoms with Crippen LogP contribution in [0.1, 0.15) is 182 Å². The average molecular weight is 1740 g/mol. The fourth-order valence-electron chi connectivity index (χ4n) is 12.9. The third-order valence-electron chi connectivity index (χ3n) is 20.1. The molecule has 2 fully saturated rings. The Morgan fingerprint density at radius 1 is 0.392 bits per heavy atom. The predicted molar refractivity (Wildman–Crippen MR) is 476 cm³/mol. The van der Waals surface area contributed by atoms with Gasteiger partial charge in [0.2, 0.25) is 0 Å². The molecule has 26 nitrogen and oxygen atoms in total. The maximum absolute atomic E-state index is 13.3. The van der Waals surface area contributed by atoms with Crippen LogP contribution in [0.4, 0.5) is 0 Å². The molecule has 27 heteroatoms. The number of aromatic nitrogens is 1. The fraction of sp³-hybridized carbons (Fsp3) is 0.418. The van der Waals surface area contributed by atoms with Crippen LogP contribution in [-0.4, -0.2) is 146 Å². The number of aryl methyl sites for hydroxylation is 1. The molecule has 0 N–H and O–H groups in total.